The van der Waals surface area contributed by atoms with Gasteiger partial charge >= 0.3 is 6.03 Å². The summed E-state index contributed by atoms with van der Waals surface area (Å²) in [5.41, 5.74) is 2.05. The summed E-state index contributed by atoms with van der Waals surface area (Å²) >= 11 is 0. The molecular formula is C35H48N6O6S. The minimum absolute atomic E-state index is 0.0171. The molecule has 0 saturated carbocycles. The molecule has 0 aliphatic heterocycles. The first-order chi connectivity index (χ1) is 22.8. The third kappa shape index (κ3) is 11.1. The van der Waals surface area contributed by atoms with Crippen molar-refractivity contribution in [1.29, 1.82) is 0 Å². The number of aliphatic hydroxyl groups is 1. The molecule has 4 N–H and O–H groups in total. The Bertz CT molecular complexity index is 1570. The maximum atomic E-state index is 13.9. The highest BCUT2D eigenvalue weighted by atomic mass is 32.2. The lowest BCUT2D eigenvalue weighted by atomic mass is 9.96. The standard InChI is InChI=1S/C35H48N6O6S/c1-6-26(4)33(39-35(44)40(5)23-29-14-10-11-19-36-29)34(43)38-31(20-27-12-8-7-9-13-27)32(42)24-41(22-25(2)3)48(46,47)30-17-15-28(16-18-30)21-37-45/h7-19,21,25-26,31-33,42,45H,6,20,22-24H2,1-5H3,(H,38,43)(H,39,44)/t26-,31-,32-,33-/m0/s1. The molecule has 0 aliphatic rings. The van der Waals surface area contributed by atoms with Crippen LogP contribution in [0.1, 0.15) is 50.9 Å². The number of nitrogens with one attached hydrogen (secondary N) is 2. The molecule has 12 nitrogen and oxygen atoms in total. The summed E-state index contributed by atoms with van der Waals surface area (Å²) in [5.74, 6) is -0.797. The first-order valence-corrected chi connectivity index (χ1v) is 17.5. The van der Waals surface area contributed by atoms with Gasteiger partial charge in [-0.25, -0.2) is 13.2 Å². The van der Waals surface area contributed by atoms with E-state index in [4.69, 9.17) is 5.21 Å². The SMILES string of the molecule is CC[C@H](C)[C@H](NC(=O)N(C)Cc1ccccn1)C(=O)N[C@@H](Cc1ccccc1)[C@@H](O)CN(CC(C)C)S(=O)(=O)c1ccc(C=NO)cc1. The average molecular weight is 681 g/mol. The summed E-state index contributed by atoms with van der Waals surface area (Å²) in [7, 11) is -2.44. The zero-order valence-electron chi connectivity index (χ0n) is 28.2. The van der Waals surface area contributed by atoms with Gasteiger partial charge in [-0.05, 0) is 53.6 Å². The Morgan fingerprint density at radius 3 is 2.21 bits per heavy atom. The molecule has 3 aromatic rings. The van der Waals surface area contributed by atoms with E-state index < -0.39 is 40.1 Å². The lowest BCUT2D eigenvalue weighted by Gasteiger charge is -2.33. The summed E-state index contributed by atoms with van der Waals surface area (Å²) in [4.78, 5) is 32.8. The molecule has 260 valence electrons. The van der Waals surface area contributed by atoms with Crippen LogP contribution in [-0.2, 0) is 27.8 Å². The largest absolute Gasteiger partial charge is 0.411 e. The number of aromatic nitrogens is 1. The summed E-state index contributed by atoms with van der Waals surface area (Å²) in [6.07, 6.45) is 2.35. The quantitative estimate of drug-likeness (QED) is 0.0955. The van der Waals surface area contributed by atoms with E-state index in [-0.39, 0.29) is 42.8 Å². The fourth-order valence-electron chi connectivity index (χ4n) is 5.13. The zero-order chi connectivity index (χ0) is 35.3. The van der Waals surface area contributed by atoms with E-state index in [1.165, 1.54) is 39.7 Å². The predicted octanol–water partition coefficient (Wildman–Crippen LogP) is 3.88. The van der Waals surface area contributed by atoms with Crippen molar-refractivity contribution in [3.63, 3.8) is 0 Å². The lowest BCUT2D eigenvalue weighted by Crippen LogP contribution is -2.58. The molecule has 0 spiro atoms. The number of sulfonamides is 1. The van der Waals surface area contributed by atoms with Crippen molar-refractivity contribution in [3.05, 3.63) is 95.8 Å². The molecule has 48 heavy (non-hydrogen) atoms. The van der Waals surface area contributed by atoms with Crippen molar-refractivity contribution in [2.45, 2.75) is 70.2 Å². The van der Waals surface area contributed by atoms with Crippen molar-refractivity contribution in [1.82, 2.24) is 24.8 Å². The molecule has 3 rings (SSSR count). The van der Waals surface area contributed by atoms with Crippen molar-refractivity contribution in [2.24, 2.45) is 17.0 Å². The first kappa shape index (κ1) is 38.1. The highest BCUT2D eigenvalue weighted by Gasteiger charge is 2.34. The number of urea groups is 1. The van der Waals surface area contributed by atoms with E-state index >= 15 is 0 Å². The van der Waals surface area contributed by atoms with Gasteiger partial charge in [0.2, 0.25) is 15.9 Å². The Morgan fingerprint density at radius 2 is 1.62 bits per heavy atom. The second-order valence-electron chi connectivity index (χ2n) is 12.4. The zero-order valence-corrected chi connectivity index (χ0v) is 29.0. The number of hydrogen-bond donors (Lipinski definition) is 4. The summed E-state index contributed by atoms with van der Waals surface area (Å²) in [6, 6.07) is 18.3. The molecule has 13 heteroatoms. The van der Waals surface area contributed by atoms with Gasteiger partial charge in [0.15, 0.2) is 0 Å². The summed E-state index contributed by atoms with van der Waals surface area (Å²) < 4.78 is 28.9. The molecule has 0 fully saturated rings. The molecule has 3 amide bonds. The van der Waals surface area contributed by atoms with Gasteiger partial charge in [-0.3, -0.25) is 9.78 Å². The number of amides is 3. The normalized spacial score (nSPS) is 14.4. The van der Waals surface area contributed by atoms with E-state index in [1.807, 2.05) is 70.2 Å². The minimum Gasteiger partial charge on any atom is -0.411 e. The van der Waals surface area contributed by atoms with Crippen LogP contribution in [0.15, 0.2) is 89.0 Å². The highest BCUT2D eigenvalue weighted by Crippen LogP contribution is 2.20. The van der Waals surface area contributed by atoms with Gasteiger partial charge in [-0.15, -0.1) is 0 Å². The van der Waals surface area contributed by atoms with E-state index in [0.29, 0.717) is 17.7 Å². The average Bonchev–Trinajstić information content (AvgIpc) is 3.07. The minimum atomic E-state index is -4.06. The molecule has 0 saturated heterocycles. The fraction of sp³-hybridized carbons (Fsp3) is 0.429. The molecule has 0 bridgehead atoms. The molecule has 0 radical (unpaired) electrons. The lowest BCUT2D eigenvalue weighted by molar-refractivity contribution is -0.125. The number of rotatable bonds is 17. The Balaban J connectivity index is 1.86. The second kappa shape index (κ2) is 18.3. The molecule has 1 aromatic heterocycles. The third-order valence-electron chi connectivity index (χ3n) is 8.02. The second-order valence-corrected chi connectivity index (χ2v) is 14.3. The molecule has 0 aliphatic carbocycles. The van der Waals surface area contributed by atoms with Crippen molar-refractivity contribution >= 4 is 28.2 Å². The van der Waals surface area contributed by atoms with Gasteiger partial charge in [-0.2, -0.15) is 4.31 Å². The monoisotopic (exact) mass is 680 g/mol. The maximum Gasteiger partial charge on any atom is 0.318 e. The fourth-order valence-corrected chi connectivity index (χ4v) is 6.75. The number of oxime groups is 1. The molecule has 4 atom stereocenters. The first-order valence-electron chi connectivity index (χ1n) is 16.1. The van der Waals surface area contributed by atoms with Crippen LogP contribution in [0.4, 0.5) is 4.79 Å². The van der Waals surface area contributed by atoms with Gasteiger partial charge < -0.3 is 25.8 Å². The summed E-state index contributed by atoms with van der Waals surface area (Å²) in [6.45, 7) is 7.62. The maximum absolute atomic E-state index is 13.9. The molecule has 0 unspecified atom stereocenters. The van der Waals surface area contributed by atoms with Crippen LogP contribution in [0.25, 0.3) is 0 Å². The molecular weight excluding hydrogens is 632 g/mol. The number of aliphatic hydroxyl groups excluding tert-OH is 1. The van der Waals surface area contributed by atoms with E-state index in [0.717, 1.165) is 5.56 Å². The number of carbonyl (C=O) groups is 2. The Kier molecular flexibility index (Phi) is 14.5. The topological polar surface area (TPSA) is 165 Å². The number of hydrogen-bond acceptors (Lipinski definition) is 8. The van der Waals surface area contributed by atoms with Gasteiger partial charge in [0, 0.05) is 26.3 Å². The Morgan fingerprint density at radius 1 is 0.958 bits per heavy atom. The molecule has 2 aromatic carbocycles. The van der Waals surface area contributed by atoms with Crippen LogP contribution in [-0.4, -0.2) is 89.4 Å². The van der Waals surface area contributed by atoms with E-state index in [2.05, 4.69) is 20.8 Å². The number of nitrogens with zero attached hydrogens (tertiary/aromatic N) is 4. The molecule has 1 heterocycles. The Hall–Kier alpha value is -4.33. The van der Waals surface area contributed by atoms with Crippen molar-refractivity contribution in [3.8, 4) is 0 Å². The number of carbonyl (C=O) groups excluding carboxylic acids is 2. The van der Waals surface area contributed by atoms with Crippen LogP contribution < -0.4 is 10.6 Å². The van der Waals surface area contributed by atoms with Gasteiger partial charge in [0.05, 0.1) is 35.5 Å². The van der Waals surface area contributed by atoms with Crippen LogP contribution in [0.5, 0.6) is 0 Å². The third-order valence-corrected chi connectivity index (χ3v) is 9.87. The van der Waals surface area contributed by atoms with E-state index in [1.54, 1.807) is 19.3 Å². The smallest absolute Gasteiger partial charge is 0.318 e. The van der Waals surface area contributed by atoms with Crippen LogP contribution in [0.2, 0.25) is 0 Å². The van der Waals surface area contributed by atoms with Gasteiger partial charge in [-0.1, -0.05) is 87.8 Å². The van der Waals surface area contributed by atoms with Crippen molar-refractivity contribution in [2.75, 3.05) is 20.1 Å². The van der Waals surface area contributed by atoms with Crippen molar-refractivity contribution < 1.29 is 28.3 Å². The van der Waals surface area contributed by atoms with Crippen LogP contribution in [0.3, 0.4) is 0 Å². The van der Waals surface area contributed by atoms with Gasteiger partial charge in [0.1, 0.15) is 6.04 Å². The highest BCUT2D eigenvalue weighted by molar-refractivity contribution is 7.89. The Labute approximate surface area is 283 Å². The van der Waals surface area contributed by atoms with Crippen LogP contribution in [0, 0.1) is 11.8 Å². The van der Waals surface area contributed by atoms with E-state index in [9.17, 15) is 23.1 Å². The van der Waals surface area contributed by atoms with Gasteiger partial charge in [0.25, 0.3) is 0 Å². The number of benzene rings is 2. The predicted molar refractivity (Wildman–Crippen MR) is 185 cm³/mol. The van der Waals surface area contributed by atoms with Crippen LogP contribution >= 0.6 is 0 Å². The summed E-state index contributed by atoms with van der Waals surface area (Å²) in [5, 5.41) is 29.3. The number of pyridine rings is 1.